The first-order valence-corrected chi connectivity index (χ1v) is 11.3. The molecule has 0 bridgehead atoms. The van der Waals surface area contributed by atoms with Crippen molar-refractivity contribution >= 4 is 0 Å². The van der Waals surface area contributed by atoms with E-state index in [0.29, 0.717) is 99.1 Å². The lowest BCUT2D eigenvalue weighted by Crippen LogP contribution is -2.24. The first kappa shape index (κ1) is 28.4. The topological polar surface area (TPSA) is 83.1 Å². The number of rotatable bonds is 24. The van der Waals surface area contributed by atoms with Crippen molar-refractivity contribution in [2.24, 2.45) is 0 Å². The second kappa shape index (κ2) is 24.0. The summed E-state index contributed by atoms with van der Waals surface area (Å²) >= 11 is 0. The third-order valence-electron chi connectivity index (χ3n) is 4.14. The van der Waals surface area contributed by atoms with E-state index in [-0.39, 0.29) is 6.29 Å². The molecule has 1 unspecified atom stereocenters. The normalized spacial score (nSPS) is 16.6. The Bertz CT molecular complexity index is 365. The van der Waals surface area contributed by atoms with Gasteiger partial charge in [-0.05, 0) is 19.3 Å². The van der Waals surface area contributed by atoms with Gasteiger partial charge >= 0.3 is 0 Å². The predicted octanol–water partition coefficient (Wildman–Crippen LogP) is 1.83. The Labute approximate surface area is 187 Å². The fourth-order valence-corrected chi connectivity index (χ4v) is 2.57. The van der Waals surface area contributed by atoms with E-state index in [0.717, 1.165) is 19.4 Å². The molecule has 1 atom stereocenters. The third kappa shape index (κ3) is 21.0. The molecule has 1 saturated heterocycles. The van der Waals surface area contributed by atoms with Gasteiger partial charge in [0.05, 0.1) is 99.1 Å². The van der Waals surface area contributed by atoms with Crippen LogP contribution in [0.25, 0.3) is 0 Å². The maximum absolute atomic E-state index is 5.59. The van der Waals surface area contributed by atoms with Crippen LogP contribution >= 0.6 is 0 Å². The Hall–Kier alpha value is -0.620. The third-order valence-corrected chi connectivity index (χ3v) is 4.14. The highest BCUT2D eigenvalue weighted by Gasteiger charge is 2.13. The Balaban J connectivity index is 1.63. The molecular weight excluding hydrogens is 408 g/mol. The summed E-state index contributed by atoms with van der Waals surface area (Å²) in [6.45, 7) is 12.6. The van der Waals surface area contributed by atoms with Crippen molar-refractivity contribution < 1.29 is 42.6 Å². The van der Waals surface area contributed by atoms with E-state index in [1.165, 1.54) is 6.42 Å². The van der Waals surface area contributed by atoms with Crippen molar-refractivity contribution in [2.45, 2.75) is 25.6 Å². The van der Waals surface area contributed by atoms with Crippen LogP contribution in [-0.4, -0.2) is 112 Å². The highest BCUT2D eigenvalue weighted by Crippen LogP contribution is 2.13. The van der Waals surface area contributed by atoms with E-state index in [4.69, 9.17) is 42.6 Å². The summed E-state index contributed by atoms with van der Waals surface area (Å²) in [5.74, 6) is 0. The summed E-state index contributed by atoms with van der Waals surface area (Å²) in [6, 6.07) is 0. The predicted molar refractivity (Wildman–Crippen MR) is 115 cm³/mol. The quantitative estimate of drug-likeness (QED) is 0.162. The van der Waals surface area contributed by atoms with Gasteiger partial charge in [0, 0.05) is 6.61 Å². The molecule has 0 aromatic heterocycles. The molecule has 1 aliphatic rings. The molecule has 184 valence electrons. The molecule has 0 amide bonds. The van der Waals surface area contributed by atoms with Crippen LogP contribution in [0.5, 0.6) is 0 Å². The molecule has 1 aliphatic heterocycles. The summed E-state index contributed by atoms with van der Waals surface area (Å²) in [4.78, 5) is 0. The molecule has 1 rings (SSSR count). The van der Waals surface area contributed by atoms with Crippen molar-refractivity contribution in [3.05, 3.63) is 12.7 Å². The van der Waals surface area contributed by atoms with Crippen LogP contribution in [0.1, 0.15) is 19.3 Å². The monoisotopic (exact) mass is 450 g/mol. The average molecular weight is 451 g/mol. The summed E-state index contributed by atoms with van der Waals surface area (Å²) < 4.78 is 48.8. The molecule has 31 heavy (non-hydrogen) atoms. The van der Waals surface area contributed by atoms with Gasteiger partial charge in [-0.1, -0.05) is 6.08 Å². The van der Waals surface area contributed by atoms with Crippen LogP contribution in [0.2, 0.25) is 0 Å². The molecule has 0 aromatic rings. The zero-order valence-electron chi connectivity index (χ0n) is 19.0. The number of hydrogen-bond donors (Lipinski definition) is 0. The minimum Gasteiger partial charge on any atom is -0.377 e. The van der Waals surface area contributed by atoms with Gasteiger partial charge in [0.2, 0.25) is 0 Å². The number of hydrogen-bond acceptors (Lipinski definition) is 9. The van der Waals surface area contributed by atoms with Crippen molar-refractivity contribution in [1.29, 1.82) is 0 Å². The molecule has 9 nitrogen and oxygen atoms in total. The lowest BCUT2D eigenvalue weighted by atomic mass is 10.2. The zero-order chi connectivity index (χ0) is 22.1. The van der Waals surface area contributed by atoms with Crippen molar-refractivity contribution in [2.75, 3.05) is 106 Å². The maximum atomic E-state index is 5.59. The van der Waals surface area contributed by atoms with Gasteiger partial charge in [-0.15, -0.1) is 6.58 Å². The van der Waals surface area contributed by atoms with Gasteiger partial charge in [0.1, 0.15) is 0 Å². The van der Waals surface area contributed by atoms with E-state index in [1.807, 2.05) is 0 Å². The average Bonchev–Trinajstić information content (AvgIpc) is 2.80. The molecule has 0 aliphatic carbocycles. The van der Waals surface area contributed by atoms with Gasteiger partial charge in [0.15, 0.2) is 6.29 Å². The van der Waals surface area contributed by atoms with Gasteiger partial charge < -0.3 is 42.6 Å². The fraction of sp³-hybridized carbons (Fsp3) is 0.909. The Morgan fingerprint density at radius 2 is 1.00 bits per heavy atom. The lowest BCUT2D eigenvalue weighted by Gasteiger charge is -2.22. The molecule has 1 heterocycles. The molecule has 0 saturated carbocycles. The summed E-state index contributed by atoms with van der Waals surface area (Å²) in [7, 11) is 0. The minimum atomic E-state index is -0.0554. The van der Waals surface area contributed by atoms with Crippen molar-refractivity contribution in [1.82, 2.24) is 0 Å². The molecule has 0 N–H and O–H groups in total. The summed E-state index contributed by atoms with van der Waals surface area (Å²) in [6.07, 6.45) is 4.94. The Morgan fingerprint density at radius 3 is 1.39 bits per heavy atom. The van der Waals surface area contributed by atoms with Gasteiger partial charge in [0.25, 0.3) is 0 Å². The Kier molecular flexibility index (Phi) is 22.0. The number of ether oxygens (including phenoxy) is 9. The van der Waals surface area contributed by atoms with Crippen LogP contribution < -0.4 is 0 Å². The van der Waals surface area contributed by atoms with Gasteiger partial charge in [-0.3, -0.25) is 0 Å². The second-order valence-corrected chi connectivity index (χ2v) is 6.70. The smallest absolute Gasteiger partial charge is 0.157 e. The fourth-order valence-electron chi connectivity index (χ4n) is 2.57. The SMILES string of the molecule is C=CCOCCOCCOCCOCCOCCOCCOCCOC1CCCCO1. The highest BCUT2D eigenvalue weighted by molar-refractivity contribution is 4.63. The van der Waals surface area contributed by atoms with E-state index < -0.39 is 0 Å². The molecular formula is C22H42O9. The van der Waals surface area contributed by atoms with Gasteiger partial charge in [-0.25, -0.2) is 0 Å². The van der Waals surface area contributed by atoms with Crippen LogP contribution in [0, 0.1) is 0 Å². The van der Waals surface area contributed by atoms with Crippen LogP contribution in [0.3, 0.4) is 0 Å². The standard InChI is InChI=1S/C22H42O9/c1-2-6-23-8-9-24-10-11-25-12-13-26-14-15-27-16-17-28-18-19-29-20-21-31-22-5-3-4-7-30-22/h2,22H,1,3-21H2. The lowest BCUT2D eigenvalue weighted by molar-refractivity contribution is -0.169. The first-order chi connectivity index (χ1) is 15.4. The van der Waals surface area contributed by atoms with E-state index in [9.17, 15) is 0 Å². The van der Waals surface area contributed by atoms with Crippen LogP contribution in [0.4, 0.5) is 0 Å². The molecule has 0 radical (unpaired) electrons. The Morgan fingerprint density at radius 1 is 0.581 bits per heavy atom. The van der Waals surface area contributed by atoms with Crippen molar-refractivity contribution in [3.8, 4) is 0 Å². The highest BCUT2D eigenvalue weighted by atomic mass is 16.7. The molecule has 0 aromatic carbocycles. The van der Waals surface area contributed by atoms with E-state index in [2.05, 4.69) is 6.58 Å². The molecule has 1 fully saturated rings. The van der Waals surface area contributed by atoms with Crippen LogP contribution in [0.15, 0.2) is 12.7 Å². The van der Waals surface area contributed by atoms with Crippen molar-refractivity contribution in [3.63, 3.8) is 0 Å². The largest absolute Gasteiger partial charge is 0.377 e. The van der Waals surface area contributed by atoms with E-state index in [1.54, 1.807) is 6.08 Å². The van der Waals surface area contributed by atoms with Gasteiger partial charge in [-0.2, -0.15) is 0 Å². The minimum absolute atomic E-state index is 0.0554. The summed E-state index contributed by atoms with van der Waals surface area (Å²) in [5, 5.41) is 0. The first-order valence-electron chi connectivity index (χ1n) is 11.3. The molecule has 0 spiro atoms. The molecule has 9 heteroatoms. The maximum Gasteiger partial charge on any atom is 0.157 e. The summed E-state index contributed by atoms with van der Waals surface area (Å²) in [5.41, 5.74) is 0. The van der Waals surface area contributed by atoms with Crippen LogP contribution in [-0.2, 0) is 42.6 Å². The second-order valence-electron chi connectivity index (χ2n) is 6.70. The van der Waals surface area contributed by atoms with E-state index >= 15 is 0 Å². The zero-order valence-corrected chi connectivity index (χ0v) is 19.0.